The molecule has 17 nitrogen and oxygen atoms in total. The van der Waals surface area contributed by atoms with Crippen molar-refractivity contribution in [3.05, 3.63) is 99.2 Å². The number of fused-ring (bicyclic) bond motifs is 2. The number of carbonyl (C=O) groups is 4. The Hall–Kier alpha value is -5.50. The number of alkyl halides is 1. The number of ether oxygens (including phenoxy) is 5. The second kappa shape index (κ2) is 25.1. The third-order valence-corrected chi connectivity index (χ3v) is 10.9. The topological polar surface area (TPSA) is 194 Å². The summed E-state index contributed by atoms with van der Waals surface area (Å²) in [6.07, 6.45) is 1.97. The Labute approximate surface area is 375 Å². The number of aryl methyl sites for hydroxylation is 1. The normalized spacial score (nSPS) is 14.0. The van der Waals surface area contributed by atoms with Gasteiger partial charge in [-0.25, -0.2) is 9.49 Å². The van der Waals surface area contributed by atoms with Gasteiger partial charge in [-0.05, 0) is 60.4 Å². The standard InChI is InChI=1S/C45H55ClFN7O10/c46-29-43(57)54-13-3-4-33-28-34(8-10-40(33)54)64-31-42(56)49-12-19-61-21-23-63-25-24-62-22-20-60-18-11-48-41(55)30-52-14-16-53(17-15-52)45(59)37-26-32(7-9-38(37)47)27-39-35-5-1-2-6-36(35)44(58)51-50-39/h1-2,5-10,26,28H,3-4,11-25,27,29-31H2,(H,48,55)(H,49,56)(H,51,58). The number of aromatic nitrogens is 2. The van der Waals surface area contributed by atoms with Gasteiger partial charge in [-0.1, -0.05) is 24.3 Å². The number of piperazine rings is 1. The van der Waals surface area contributed by atoms with Gasteiger partial charge >= 0.3 is 0 Å². The van der Waals surface area contributed by atoms with E-state index in [4.69, 9.17) is 35.3 Å². The number of hydrogen-bond acceptors (Lipinski definition) is 12. The third kappa shape index (κ3) is 14.3. The molecule has 0 atom stereocenters. The Bertz CT molecular complexity index is 2260. The molecule has 0 saturated carbocycles. The van der Waals surface area contributed by atoms with Crippen molar-refractivity contribution < 1.29 is 47.3 Å². The van der Waals surface area contributed by atoms with Crippen LogP contribution in [0.2, 0.25) is 0 Å². The van der Waals surface area contributed by atoms with Crippen LogP contribution in [0.5, 0.6) is 5.75 Å². The van der Waals surface area contributed by atoms with Crippen LogP contribution in [0.3, 0.4) is 0 Å². The van der Waals surface area contributed by atoms with Crippen molar-refractivity contribution in [3.63, 3.8) is 0 Å². The van der Waals surface area contributed by atoms with E-state index in [9.17, 15) is 28.4 Å². The van der Waals surface area contributed by atoms with E-state index in [1.54, 1.807) is 34.1 Å². The first-order chi connectivity index (χ1) is 31.2. The molecule has 1 saturated heterocycles. The maximum Gasteiger partial charge on any atom is 0.272 e. The number of benzene rings is 3. The molecule has 64 heavy (non-hydrogen) atoms. The maximum atomic E-state index is 14.9. The Balaban J connectivity index is 0.726. The van der Waals surface area contributed by atoms with Crippen molar-refractivity contribution in [1.29, 1.82) is 0 Å². The van der Waals surface area contributed by atoms with Crippen molar-refractivity contribution in [2.24, 2.45) is 0 Å². The summed E-state index contributed by atoms with van der Waals surface area (Å²) < 4.78 is 42.6. The van der Waals surface area contributed by atoms with Gasteiger partial charge in [-0.3, -0.25) is 28.9 Å². The minimum Gasteiger partial charge on any atom is -0.484 e. The van der Waals surface area contributed by atoms with Crippen LogP contribution in [-0.2, 0) is 46.2 Å². The highest BCUT2D eigenvalue weighted by molar-refractivity contribution is 6.29. The zero-order valence-electron chi connectivity index (χ0n) is 35.8. The molecule has 344 valence electrons. The van der Waals surface area contributed by atoms with E-state index in [1.807, 2.05) is 29.2 Å². The van der Waals surface area contributed by atoms with Crippen molar-refractivity contribution in [2.45, 2.75) is 19.3 Å². The third-order valence-electron chi connectivity index (χ3n) is 10.6. The molecule has 1 aromatic heterocycles. The van der Waals surface area contributed by atoms with Crippen molar-refractivity contribution in [1.82, 2.24) is 30.6 Å². The molecule has 2 aliphatic heterocycles. The van der Waals surface area contributed by atoms with E-state index < -0.39 is 11.7 Å². The number of halogens is 2. The number of nitrogens with zero attached hydrogens (tertiary/aromatic N) is 4. The summed E-state index contributed by atoms with van der Waals surface area (Å²) in [5.74, 6) is -1.09. The summed E-state index contributed by atoms with van der Waals surface area (Å²) in [7, 11) is 0. The molecular formula is C45H55ClFN7O10. The second-order valence-electron chi connectivity index (χ2n) is 15.1. The van der Waals surface area contributed by atoms with Gasteiger partial charge < -0.3 is 44.1 Å². The predicted molar refractivity (Wildman–Crippen MR) is 237 cm³/mol. The van der Waals surface area contributed by atoms with Gasteiger partial charge in [0.25, 0.3) is 17.4 Å². The number of aromatic amines is 1. The Kier molecular flexibility index (Phi) is 18.8. The number of rotatable bonds is 24. The van der Waals surface area contributed by atoms with E-state index >= 15 is 0 Å². The van der Waals surface area contributed by atoms with Crippen LogP contribution in [0.4, 0.5) is 10.1 Å². The summed E-state index contributed by atoms with van der Waals surface area (Å²) >= 11 is 5.74. The quantitative estimate of drug-likeness (QED) is 0.0688. The van der Waals surface area contributed by atoms with Crippen LogP contribution in [0.25, 0.3) is 10.8 Å². The fourth-order valence-electron chi connectivity index (χ4n) is 7.37. The van der Waals surface area contributed by atoms with E-state index in [0.29, 0.717) is 133 Å². The van der Waals surface area contributed by atoms with Gasteiger partial charge in [-0.2, -0.15) is 5.10 Å². The highest BCUT2D eigenvalue weighted by Crippen LogP contribution is 2.31. The van der Waals surface area contributed by atoms with Crippen molar-refractivity contribution in [2.75, 3.05) is 123 Å². The molecule has 19 heteroatoms. The fourth-order valence-corrected chi connectivity index (χ4v) is 7.51. The number of nitrogens with one attached hydrogen (secondary N) is 3. The largest absolute Gasteiger partial charge is 0.484 e. The lowest BCUT2D eigenvalue weighted by molar-refractivity contribution is -0.123. The first-order valence-corrected chi connectivity index (χ1v) is 22.0. The van der Waals surface area contributed by atoms with Gasteiger partial charge in [0.1, 0.15) is 17.4 Å². The molecule has 1 fully saturated rings. The molecular weight excluding hydrogens is 853 g/mol. The van der Waals surface area contributed by atoms with Gasteiger partial charge in [0.05, 0.1) is 76.0 Å². The molecule has 0 aliphatic carbocycles. The Morgan fingerprint density at radius 1 is 0.766 bits per heavy atom. The summed E-state index contributed by atoms with van der Waals surface area (Å²) in [4.78, 5) is 67.6. The minimum absolute atomic E-state index is 0.0286. The fraction of sp³-hybridized carbons (Fsp3) is 0.467. The van der Waals surface area contributed by atoms with Crippen LogP contribution < -0.4 is 25.8 Å². The summed E-state index contributed by atoms with van der Waals surface area (Å²) in [5.41, 5.74) is 2.81. The zero-order chi connectivity index (χ0) is 45.1. The minimum atomic E-state index is -0.613. The van der Waals surface area contributed by atoms with Crippen molar-refractivity contribution in [3.8, 4) is 5.75 Å². The molecule has 6 rings (SSSR count). The predicted octanol–water partition coefficient (Wildman–Crippen LogP) is 2.31. The van der Waals surface area contributed by atoms with Crippen LogP contribution in [0, 0.1) is 5.82 Å². The molecule has 0 unspecified atom stereocenters. The number of carbonyl (C=O) groups excluding carboxylic acids is 4. The SMILES string of the molecule is O=C(COc1ccc2c(c1)CCCN2C(=O)CCl)NCCOCCOCCOCCOCCNC(=O)CN1CCN(C(=O)c2cc(Cc3n[nH]c(=O)c4ccccc34)ccc2F)CC1. The molecule has 4 amide bonds. The Morgan fingerprint density at radius 2 is 1.42 bits per heavy atom. The van der Waals surface area contributed by atoms with Gasteiger partial charge in [-0.15, -0.1) is 11.6 Å². The first-order valence-electron chi connectivity index (χ1n) is 21.4. The zero-order valence-corrected chi connectivity index (χ0v) is 36.5. The van der Waals surface area contributed by atoms with Crippen LogP contribution in [-0.4, -0.2) is 161 Å². The van der Waals surface area contributed by atoms with E-state index in [2.05, 4.69) is 20.8 Å². The number of anilines is 1. The molecule has 0 radical (unpaired) electrons. The number of hydrogen-bond donors (Lipinski definition) is 3. The summed E-state index contributed by atoms with van der Waals surface area (Å²) in [6.45, 7) is 5.88. The van der Waals surface area contributed by atoms with Gasteiger partial charge in [0.2, 0.25) is 11.8 Å². The lowest BCUT2D eigenvalue weighted by atomic mass is 10.0. The molecule has 0 spiro atoms. The van der Waals surface area contributed by atoms with Crippen LogP contribution in [0.1, 0.15) is 33.6 Å². The smallest absolute Gasteiger partial charge is 0.272 e. The van der Waals surface area contributed by atoms with E-state index in [-0.39, 0.29) is 47.9 Å². The van der Waals surface area contributed by atoms with Crippen LogP contribution >= 0.6 is 11.6 Å². The van der Waals surface area contributed by atoms with Gasteiger partial charge in [0.15, 0.2) is 6.61 Å². The number of H-pyrrole nitrogens is 1. The van der Waals surface area contributed by atoms with Gasteiger partial charge in [0, 0.05) is 63.3 Å². The van der Waals surface area contributed by atoms with Crippen LogP contribution in [0.15, 0.2) is 65.5 Å². The lowest BCUT2D eigenvalue weighted by Gasteiger charge is -2.34. The average Bonchev–Trinajstić information content (AvgIpc) is 3.31. The summed E-state index contributed by atoms with van der Waals surface area (Å²) in [6, 6.07) is 17.0. The van der Waals surface area contributed by atoms with Crippen molar-refractivity contribution >= 4 is 51.7 Å². The maximum absolute atomic E-state index is 14.9. The highest BCUT2D eigenvalue weighted by atomic mass is 35.5. The first kappa shape index (κ1) is 48.0. The molecule has 3 heterocycles. The number of amides is 4. The monoisotopic (exact) mass is 907 g/mol. The molecule has 2 aliphatic rings. The average molecular weight is 908 g/mol. The van der Waals surface area contributed by atoms with E-state index in [1.165, 1.54) is 12.1 Å². The second-order valence-corrected chi connectivity index (χ2v) is 15.4. The lowest BCUT2D eigenvalue weighted by Crippen LogP contribution is -2.51. The van der Waals surface area contributed by atoms with E-state index in [0.717, 1.165) is 24.1 Å². The molecule has 4 aromatic rings. The molecule has 3 N–H and O–H groups in total. The Morgan fingerprint density at radius 3 is 2.11 bits per heavy atom. The molecule has 3 aromatic carbocycles. The molecule has 0 bridgehead atoms. The highest BCUT2D eigenvalue weighted by Gasteiger charge is 2.26. The summed E-state index contributed by atoms with van der Waals surface area (Å²) in [5, 5.41) is 13.5.